The van der Waals surface area contributed by atoms with Gasteiger partial charge in [-0.25, -0.2) is 0 Å². The van der Waals surface area contributed by atoms with E-state index in [1.165, 1.54) is 0 Å². The van der Waals surface area contributed by atoms with Crippen molar-refractivity contribution in [1.29, 1.82) is 0 Å². The second-order valence-corrected chi connectivity index (χ2v) is 5.06. The van der Waals surface area contributed by atoms with Crippen LogP contribution < -0.4 is 4.74 Å². The minimum Gasteiger partial charge on any atom is -0.493 e. The summed E-state index contributed by atoms with van der Waals surface area (Å²) in [6.07, 6.45) is 0.0705. The van der Waals surface area contributed by atoms with Gasteiger partial charge in [0.2, 0.25) is 0 Å². The van der Waals surface area contributed by atoms with E-state index in [-0.39, 0.29) is 0 Å². The Bertz CT molecular complexity index is 596. The van der Waals surface area contributed by atoms with Gasteiger partial charge in [0.1, 0.15) is 17.0 Å². The Labute approximate surface area is 123 Å². The monoisotopic (exact) mass is 294 g/mol. The van der Waals surface area contributed by atoms with E-state index in [1.807, 2.05) is 38.1 Å². The van der Waals surface area contributed by atoms with Crippen LogP contribution >= 0.6 is 11.6 Å². The Morgan fingerprint density at radius 1 is 1.40 bits per heavy atom. The fraction of sp³-hybridized carbons (Fsp3) is 0.400. The molecule has 1 aromatic heterocycles. The Morgan fingerprint density at radius 2 is 2.10 bits per heavy atom. The first-order valence-corrected chi connectivity index (χ1v) is 7.02. The van der Waals surface area contributed by atoms with Gasteiger partial charge in [-0.15, -0.1) is 0 Å². The van der Waals surface area contributed by atoms with Crippen molar-refractivity contribution >= 4 is 11.6 Å². The van der Waals surface area contributed by atoms with Gasteiger partial charge in [-0.3, -0.25) is 4.68 Å². The zero-order chi connectivity index (χ0) is 14.7. The molecule has 1 atom stereocenters. The molecule has 20 heavy (non-hydrogen) atoms. The molecule has 1 N–H and O–H groups in total. The highest BCUT2D eigenvalue weighted by Gasteiger charge is 2.23. The second kappa shape index (κ2) is 6.29. The SMILES string of the molecule is CCCOc1ccccc1C(O)c1c(C)nn(C)c1Cl. The van der Waals surface area contributed by atoms with E-state index in [9.17, 15) is 5.11 Å². The molecule has 0 aliphatic heterocycles. The van der Waals surface area contributed by atoms with Crippen LogP contribution in [0.5, 0.6) is 5.75 Å². The van der Waals surface area contributed by atoms with Gasteiger partial charge >= 0.3 is 0 Å². The zero-order valence-corrected chi connectivity index (χ0v) is 12.7. The first-order valence-electron chi connectivity index (χ1n) is 6.65. The first kappa shape index (κ1) is 14.9. The van der Waals surface area contributed by atoms with Crippen LogP contribution in [-0.2, 0) is 7.05 Å². The molecule has 5 heteroatoms. The molecule has 108 valence electrons. The van der Waals surface area contributed by atoms with Crippen LogP contribution in [0.2, 0.25) is 5.15 Å². The van der Waals surface area contributed by atoms with E-state index < -0.39 is 6.10 Å². The van der Waals surface area contributed by atoms with E-state index >= 15 is 0 Å². The van der Waals surface area contributed by atoms with E-state index in [0.717, 1.165) is 12.1 Å². The summed E-state index contributed by atoms with van der Waals surface area (Å²) >= 11 is 6.22. The number of ether oxygens (including phenoxy) is 1. The maximum Gasteiger partial charge on any atom is 0.133 e. The van der Waals surface area contributed by atoms with E-state index in [0.29, 0.717) is 28.6 Å². The summed E-state index contributed by atoms with van der Waals surface area (Å²) in [5.74, 6) is 0.682. The van der Waals surface area contributed by atoms with Gasteiger partial charge in [-0.2, -0.15) is 5.10 Å². The van der Waals surface area contributed by atoms with Crippen molar-refractivity contribution < 1.29 is 9.84 Å². The average Bonchev–Trinajstić information content (AvgIpc) is 2.69. The molecule has 2 aromatic rings. The quantitative estimate of drug-likeness (QED) is 0.921. The highest BCUT2D eigenvalue weighted by Crippen LogP contribution is 2.35. The number of hydrogen-bond acceptors (Lipinski definition) is 3. The number of rotatable bonds is 5. The number of benzene rings is 1. The topological polar surface area (TPSA) is 47.3 Å². The van der Waals surface area contributed by atoms with E-state index in [1.54, 1.807) is 11.7 Å². The number of aryl methyl sites for hydroxylation is 2. The van der Waals surface area contributed by atoms with Crippen molar-refractivity contribution in [1.82, 2.24) is 9.78 Å². The summed E-state index contributed by atoms with van der Waals surface area (Å²) < 4.78 is 7.25. The largest absolute Gasteiger partial charge is 0.493 e. The molecule has 0 radical (unpaired) electrons. The van der Waals surface area contributed by atoms with Crippen molar-refractivity contribution in [2.45, 2.75) is 26.4 Å². The molecule has 0 spiro atoms. The summed E-state index contributed by atoms with van der Waals surface area (Å²) in [5, 5.41) is 15.3. The first-order chi connectivity index (χ1) is 9.56. The minimum atomic E-state index is -0.843. The molecule has 0 bridgehead atoms. The summed E-state index contributed by atoms with van der Waals surface area (Å²) in [6.45, 7) is 4.49. The third-order valence-corrected chi connectivity index (χ3v) is 3.59. The van der Waals surface area contributed by atoms with Crippen LogP contribution in [0.3, 0.4) is 0 Å². The van der Waals surface area contributed by atoms with E-state index in [4.69, 9.17) is 16.3 Å². The maximum absolute atomic E-state index is 10.6. The van der Waals surface area contributed by atoms with Crippen LogP contribution in [0.4, 0.5) is 0 Å². The van der Waals surface area contributed by atoms with Crippen LogP contribution in [0.25, 0.3) is 0 Å². The number of nitrogens with zero attached hydrogens (tertiary/aromatic N) is 2. The average molecular weight is 295 g/mol. The van der Waals surface area contributed by atoms with Crippen LogP contribution in [0.1, 0.15) is 36.3 Å². The number of aromatic nitrogens is 2. The molecular weight excluding hydrogens is 276 g/mol. The number of para-hydroxylation sites is 1. The lowest BCUT2D eigenvalue weighted by Gasteiger charge is -2.16. The summed E-state index contributed by atoms with van der Waals surface area (Å²) in [5.41, 5.74) is 2.05. The number of aliphatic hydroxyl groups is 1. The predicted molar refractivity (Wildman–Crippen MR) is 79.2 cm³/mol. The van der Waals surface area contributed by atoms with Crippen molar-refractivity contribution in [3.05, 3.63) is 46.2 Å². The lowest BCUT2D eigenvalue weighted by Crippen LogP contribution is -2.06. The van der Waals surface area contributed by atoms with Crippen LogP contribution in [-0.4, -0.2) is 21.5 Å². The van der Waals surface area contributed by atoms with Gasteiger partial charge < -0.3 is 9.84 Å². The third kappa shape index (κ3) is 2.81. The van der Waals surface area contributed by atoms with Crippen LogP contribution in [0.15, 0.2) is 24.3 Å². The van der Waals surface area contributed by atoms with Gasteiger partial charge in [0.05, 0.1) is 12.3 Å². The number of halogens is 1. The highest BCUT2D eigenvalue weighted by molar-refractivity contribution is 6.30. The van der Waals surface area contributed by atoms with Gasteiger partial charge in [-0.1, -0.05) is 36.7 Å². The molecule has 0 saturated carbocycles. The van der Waals surface area contributed by atoms with Gasteiger partial charge in [-0.05, 0) is 19.4 Å². The van der Waals surface area contributed by atoms with Crippen LogP contribution in [0, 0.1) is 6.92 Å². The van der Waals surface area contributed by atoms with E-state index in [2.05, 4.69) is 5.10 Å². The smallest absolute Gasteiger partial charge is 0.133 e. The number of hydrogen-bond donors (Lipinski definition) is 1. The van der Waals surface area contributed by atoms with Gasteiger partial charge in [0.15, 0.2) is 0 Å². The Hall–Kier alpha value is -1.52. The maximum atomic E-state index is 10.6. The summed E-state index contributed by atoms with van der Waals surface area (Å²) in [4.78, 5) is 0. The molecule has 1 heterocycles. The second-order valence-electron chi connectivity index (χ2n) is 4.70. The standard InChI is InChI=1S/C15H19ClN2O2/c1-4-9-20-12-8-6-5-7-11(12)14(19)13-10(2)17-18(3)15(13)16/h5-8,14,19H,4,9H2,1-3H3. The van der Waals surface area contributed by atoms with Gasteiger partial charge in [0.25, 0.3) is 0 Å². The third-order valence-electron chi connectivity index (χ3n) is 3.14. The zero-order valence-electron chi connectivity index (χ0n) is 11.9. The Kier molecular flexibility index (Phi) is 4.68. The fourth-order valence-corrected chi connectivity index (χ4v) is 2.44. The predicted octanol–water partition coefficient (Wildman–Crippen LogP) is 3.25. The van der Waals surface area contributed by atoms with Crippen molar-refractivity contribution in [2.24, 2.45) is 7.05 Å². The lowest BCUT2D eigenvalue weighted by atomic mass is 10.0. The fourth-order valence-electron chi connectivity index (χ4n) is 2.16. The molecule has 4 nitrogen and oxygen atoms in total. The van der Waals surface area contributed by atoms with Crippen molar-refractivity contribution in [3.63, 3.8) is 0 Å². The molecule has 0 fully saturated rings. The van der Waals surface area contributed by atoms with Crippen molar-refractivity contribution in [3.8, 4) is 5.75 Å². The Morgan fingerprint density at radius 3 is 2.70 bits per heavy atom. The van der Waals surface area contributed by atoms with Crippen molar-refractivity contribution in [2.75, 3.05) is 6.61 Å². The molecule has 0 saturated heterocycles. The molecule has 2 rings (SSSR count). The molecule has 1 unspecified atom stereocenters. The number of aliphatic hydroxyl groups excluding tert-OH is 1. The lowest BCUT2D eigenvalue weighted by molar-refractivity contribution is 0.210. The molecule has 0 amide bonds. The summed E-state index contributed by atoms with van der Waals surface area (Å²) in [7, 11) is 1.76. The Balaban J connectivity index is 2.40. The summed E-state index contributed by atoms with van der Waals surface area (Å²) in [6, 6.07) is 7.46. The minimum absolute atomic E-state index is 0.445. The normalized spacial score (nSPS) is 12.4. The molecule has 0 aliphatic carbocycles. The molecule has 0 aliphatic rings. The highest BCUT2D eigenvalue weighted by atomic mass is 35.5. The molecule has 1 aromatic carbocycles. The van der Waals surface area contributed by atoms with Gasteiger partial charge in [0, 0.05) is 18.2 Å². The molecular formula is C15H19ClN2O2.